The maximum Gasteiger partial charge on any atom is 0.158 e. The average Bonchev–Trinajstić information content (AvgIpc) is 3.00. The van der Waals surface area contributed by atoms with Gasteiger partial charge in [0.25, 0.3) is 0 Å². The molecule has 0 unspecified atom stereocenters. The summed E-state index contributed by atoms with van der Waals surface area (Å²) in [5, 5.41) is 1.15. The molecule has 0 bridgehead atoms. The van der Waals surface area contributed by atoms with Crippen molar-refractivity contribution in [1.82, 2.24) is 15.0 Å². The fourth-order valence-electron chi connectivity index (χ4n) is 4.47. The van der Waals surface area contributed by atoms with Crippen LogP contribution in [0.5, 0.6) is 0 Å². The fraction of sp³-hybridized carbons (Fsp3) is 0.526. The van der Waals surface area contributed by atoms with E-state index in [4.69, 9.17) is 23.1 Å². The first kappa shape index (κ1) is 18.6. The lowest BCUT2D eigenvalue weighted by Gasteiger charge is -2.42. The molecule has 27 heavy (non-hydrogen) atoms. The molecule has 144 valence electrons. The van der Waals surface area contributed by atoms with E-state index < -0.39 is 0 Å². The number of pyridine rings is 1. The maximum atomic E-state index is 6.19. The van der Waals surface area contributed by atoms with Crippen molar-refractivity contribution in [1.29, 1.82) is 0 Å². The smallest absolute Gasteiger partial charge is 0.158 e. The predicted molar refractivity (Wildman–Crippen MR) is 111 cm³/mol. The summed E-state index contributed by atoms with van der Waals surface area (Å²) in [5.74, 6) is 2.52. The molecule has 0 amide bonds. The zero-order valence-electron chi connectivity index (χ0n) is 15.5. The Hall–Kier alpha value is -1.73. The van der Waals surface area contributed by atoms with Crippen LogP contribution in [-0.4, -0.2) is 28.0 Å². The van der Waals surface area contributed by atoms with Crippen LogP contribution in [0.2, 0.25) is 5.02 Å². The summed E-state index contributed by atoms with van der Waals surface area (Å²) >= 11 is 7.54. The standard InChI is InChI=1S/C19H25ClN6S/c1-12-3-2-4-19(12)5-7-26(8-6-19)16-11-24-18(17(22)25-16)27-14-9-15(21)23-10-13(14)20/h9-12H,2-8H2,1H3,(H2,21,23)(H2,22,25)/t12-/m1/s1. The Balaban J connectivity index is 1.47. The molecule has 1 atom stereocenters. The number of hydrogen-bond acceptors (Lipinski definition) is 7. The van der Waals surface area contributed by atoms with Gasteiger partial charge in [0, 0.05) is 24.2 Å². The number of anilines is 3. The third kappa shape index (κ3) is 3.67. The van der Waals surface area contributed by atoms with Gasteiger partial charge in [-0.3, -0.25) is 0 Å². The highest BCUT2D eigenvalue weighted by atomic mass is 35.5. The SMILES string of the molecule is C[C@@H]1CCCC12CCN(c1cnc(Sc3cc(N)ncc3Cl)c(N)n1)CC2. The molecule has 8 heteroatoms. The first-order valence-corrected chi connectivity index (χ1v) is 10.6. The molecule has 3 heterocycles. The molecule has 2 aromatic heterocycles. The number of nitrogens with two attached hydrogens (primary N) is 2. The molecule has 1 spiro atoms. The molecule has 1 aliphatic heterocycles. The molecule has 4 N–H and O–H groups in total. The number of halogens is 1. The number of rotatable bonds is 3. The Morgan fingerprint density at radius 2 is 1.96 bits per heavy atom. The van der Waals surface area contributed by atoms with E-state index in [2.05, 4.69) is 26.8 Å². The number of nitrogens with zero attached hydrogens (tertiary/aromatic N) is 4. The molecule has 0 radical (unpaired) electrons. The predicted octanol–water partition coefficient (Wildman–Crippen LogP) is 4.25. The fourth-order valence-corrected chi connectivity index (χ4v) is 5.48. The van der Waals surface area contributed by atoms with Crippen LogP contribution in [0, 0.1) is 11.3 Å². The molecule has 1 saturated carbocycles. The molecular formula is C19H25ClN6S. The largest absolute Gasteiger partial charge is 0.384 e. The molecule has 2 aliphatic rings. The number of piperidine rings is 1. The highest BCUT2D eigenvalue weighted by molar-refractivity contribution is 7.99. The Kier molecular flexibility index (Phi) is 5.07. The summed E-state index contributed by atoms with van der Waals surface area (Å²) in [4.78, 5) is 16.2. The molecule has 2 aromatic rings. The van der Waals surface area contributed by atoms with Gasteiger partial charge in [0.05, 0.1) is 11.2 Å². The van der Waals surface area contributed by atoms with Crippen LogP contribution in [-0.2, 0) is 0 Å². The first-order chi connectivity index (χ1) is 13.0. The van der Waals surface area contributed by atoms with E-state index in [-0.39, 0.29) is 0 Å². The van der Waals surface area contributed by atoms with Gasteiger partial charge in [-0.05, 0) is 36.7 Å². The Morgan fingerprint density at radius 1 is 1.19 bits per heavy atom. The van der Waals surface area contributed by atoms with Crippen LogP contribution >= 0.6 is 23.4 Å². The Morgan fingerprint density at radius 3 is 2.63 bits per heavy atom. The summed E-state index contributed by atoms with van der Waals surface area (Å²) in [6, 6.07) is 1.72. The number of hydrogen-bond donors (Lipinski definition) is 2. The highest BCUT2D eigenvalue weighted by Crippen LogP contribution is 2.50. The minimum atomic E-state index is 0.411. The summed E-state index contributed by atoms with van der Waals surface area (Å²) in [6.07, 6.45) is 9.94. The molecule has 1 aliphatic carbocycles. The van der Waals surface area contributed by atoms with Gasteiger partial charge in [-0.15, -0.1) is 0 Å². The van der Waals surface area contributed by atoms with Gasteiger partial charge in [-0.1, -0.05) is 43.1 Å². The molecule has 1 saturated heterocycles. The lowest BCUT2D eigenvalue weighted by atomic mass is 9.71. The van der Waals surface area contributed by atoms with Crippen molar-refractivity contribution < 1.29 is 0 Å². The normalized spacial score (nSPS) is 21.7. The van der Waals surface area contributed by atoms with Crippen LogP contribution in [0.1, 0.15) is 39.0 Å². The van der Waals surface area contributed by atoms with Crippen molar-refractivity contribution in [2.75, 3.05) is 29.5 Å². The molecule has 2 fully saturated rings. The quantitative estimate of drug-likeness (QED) is 0.789. The second kappa shape index (κ2) is 7.36. The van der Waals surface area contributed by atoms with Gasteiger partial charge in [-0.2, -0.15) is 0 Å². The van der Waals surface area contributed by atoms with Crippen LogP contribution in [0.25, 0.3) is 0 Å². The molecule has 0 aromatic carbocycles. The first-order valence-electron chi connectivity index (χ1n) is 9.43. The van der Waals surface area contributed by atoms with Gasteiger partial charge < -0.3 is 16.4 Å². The van der Waals surface area contributed by atoms with Crippen molar-refractivity contribution in [3.8, 4) is 0 Å². The van der Waals surface area contributed by atoms with Gasteiger partial charge >= 0.3 is 0 Å². The van der Waals surface area contributed by atoms with Crippen molar-refractivity contribution in [2.45, 2.75) is 48.9 Å². The number of aromatic nitrogens is 3. The van der Waals surface area contributed by atoms with E-state index in [1.165, 1.54) is 50.1 Å². The maximum absolute atomic E-state index is 6.19. The van der Waals surface area contributed by atoms with Gasteiger partial charge in [0.2, 0.25) is 0 Å². The zero-order valence-corrected chi connectivity index (χ0v) is 17.1. The van der Waals surface area contributed by atoms with Gasteiger partial charge in [0.15, 0.2) is 5.82 Å². The van der Waals surface area contributed by atoms with E-state index in [0.717, 1.165) is 29.7 Å². The van der Waals surface area contributed by atoms with E-state index in [1.54, 1.807) is 6.07 Å². The van der Waals surface area contributed by atoms with Crippen molar-refractivity contribution >= 4 is 40.8 Å². The molecule has 4 rings (SSSR count). The van der Waals surface area contributed by atoms with E-state index in [1.807, 2.05) is 6.20 Å². The minimum Gasteiger partial charge on any atom is -0.384 e. The molecular weight excluding hydrogens is 380 g/mol. The average molecular weight is 405 g/mol. The second-order valence-corrected chi connectivity index (χ2v) is 9.14. The highest BCUT2D eigenvalue weighted by Gasteiger charge is 2.42. The van der Waals surface area contributed by atoms with Crippen LogP contribution < -0.4 is 16.4 Å². The monoisotopic (exact) mass is 404 g/mol. The summed E-state index contributed by atoms with van der Waals surface area (Å²) < 4.78 is 0. The van der Waals surface area contributed by atoms with E-state index >= 15 is 0 Å². The van der Waals surface area contributed by atoms with Crippen molar-refractivity contribution in [2.24, 2.45) is 11.3 Å². The summed E-state index contributed by atoms with van der Waals surface area (Å²) in [5.41, 5.74) is 12.5. The summed E-state index contributed by atoms with van der Waals surface area (Å²) in [7, 11) is 0. The number of nitrogen functional groups attached to an aromatic ring is 2. The van der Waals surface area contributed by atoms with E-state index in [0.29, 0.717) is 27.1 Å². The van der Waals surface area contributed by atoms with Crippen molar-refractivity contribution in [3.63, 3.8) is 0 Å². The zero-order chi connectivity index (χ0) is 19.0. The third-order valence-corrected chi connectivity index (χ3v) is 7.72. The lowest BCUT2D eigenvalue weighted by Crippen LogP contribution is -2.41. The third-order valence-electron chi connectivity index (χ3n) is 6.24. The van der Waals surface area contributed by atoms with Crippen LogP contribution in [0.3, 0.4) is 0 Å². The van der Waals surface area contributed by atoms with Crippen LogP contribution in [0.4, 0.5) is 17.5 Å². The second-order valence-electron chi connectivity index (χ2n) is 7.70. The Bertz CT molecular complexity index is 837. The Labute approximate surface area is 169 Å². The van der Waals surface area contributed by atoms with Gasteiger partial charge in [0.1, 0.15) is 16.7 Å². The topological polar surface area (TPSA) is 94.0 Å². The van der Waals surface area contributed by atoms with E-state index in [9.17, 15) is 0 Å². The van der Waals surface area contributed by atoms with Crippen molar-refractivity contribution in [3.05, 3.63) is 23.5 Å². The summed E-state index contributed by atoms with van der Waals surface area (Å²) in [6.45, 7) is 4.47. The minimum absolute atomic E-state index is 0.411. The van der Waals surface area contributed by atoms with Gasteiger partial charge in [-0.25, -0.2) is 15.0 Å². The lowest BCUT2D eigenvalue weighted by molar-refractivity contribution is 0.161. The molecule has 6 nitrogen and oxygen atoms in total. The van der Waals surface area contributed by atoms with Crippen LogP contribution in [0.15, 0.2) is 28.4 Å².